The molecule has 0 saturated heterocycles. The summed E-state index contributed by atoms with van der Waals surface area (Å²) >= 11 is 0. The van der Waals surface area contributed by atoms with Crippen molar-refractivity contribution in [3.05, 3.63) is 59.9 Å². The molecule has 1 aliphatic heterocycles. The molecule has 25 heavy (non-hydrogen) atoms. The minimum Gasteiger partial charge on any atom is -0.371 e. The Morgan fingerprint density at radius 1 is 1.20 bits per heavy atom. The Morgan fingerprint density at radius 2 is 2.00 bits per heavy atom. The van der Waals surface area contributed by atoms with Crippen molar-refractivity contribution < 1.29 is 13.2 Å². The van der Waals surface area contributed by atoms with Crippen molar-refractivity contribution in [1.29, 1.82) is 0 Å². The Hall–Kier alpha value is -2.22. The number of sulfonamides is 1. The first-order valence-electron chi connectivity index (χ1n) is 8.15. The van der Waals surface area contributed by atoms with Gasteiger partial charge in [0.05, 0.1) is 28.6 Å². The number of aryl methyl sites for hydroxylation is 1. The number of aromatic nitrogens is 2. The van der Waals surface area contributed by atoms with Gasteiger partial charge in [-0.15, -0.1) is 0 Å². The van der Waals surface area contributed by atoms with Crippen molar-refractivity contribution in [2.24, 2.45) is 0 Å². The molecule has 0 amide bonds. The van der Waals surface area contributed by atoms with E-state index in [1.165, 1.54) is 0 Å². The van der Waals surface area contributed by atoms with Gasteiger partial charge in [-0.2, -0.15) is 0 Å². The van der Waals surface area contributed by atoms with E-state index in [2.05, 4.69) is 14.3 Å². The van der Waals surface area contributed by atoms with Crippen LogP contribution in [-0.4, -0.2) is 31.1 Å². The quantitative estimate of drug-likeness (QED) is 0.778. The molecule has 0 aliphatic carbocycles. The number of hydrogen-bond donors (Lipinski definition) is 1. The van der Waals surface area contributed by atoms with Crippen LogP contribution in [0.15, 0.2) is 53.4 Å². The van der Waals surface area contributed by atoms with Crippen LogP contribution < -0.4 is 4.72 Å². The Labute approximate surface area is 146 Å². The summed E-state index contributed by atoms with van der Waals surface area (Å²) in [6.07, 6.45) is 0. The number of rotatable bonds is 4. The molecule has 1 unspecified atom stereocenters. The highest BCUT2D eigenvalue weighted by Gasteiger charge is 2.26. The molecule has 130 valence electrons. The van der Waals surface area contributed by atoms with Crippen molar-refractivity contribution >= 4 is 21.1 Å². The van der Waals surface area contributed by atoms with Crippen molar-refractivity contribution in [1.82, 2.24) is 14.3 Å². The van der Waals surface area contributed by atoms with Crippen LogP contribution in [0.2, 0.25) is 0 Å². The fourth-order valence-corrected chi connectivity index (χ4v) is 4.31. The van der Waals surface area contributed by atoms with Crippen molar-refractivity contribution in [3.63, 3.8) is 0 Å². The molecule has 3 aromatic rings. The molecule has 4 rings (SSSR count). The second kappa shape index (κ2) is 6.25. The highest BCUT2D eigenvalue weighted by Crippen LogP contribution is 2.27. The van der Waals surface area contributed by atoms with Gasteiger partial charge in [0.2, 0.25) is 10.0 Å². The van der Waals surface area contributed by atoms with Crippen LogP contribution >= 0.6 is 0 Å². The first-order valence-corrected chi connectivity index (χ1v) is 9.63. The number of benzene rings is 2. The third-order valence-electron chi connectivity index (χ3n) is 4.46. The molecule has 6 nitrogen and oxygen atoms in total. The zero-order valence-corrected chi connectivity index (χ0v) is 14.7. The average molecular weight is 357 g/mol. The summed E-state index contributed by atoms with van der Waals surface area (Å²) < 4.78 is 35.4. The second-order valence-corrected chi connectivity index (χ2v) is 7.94. The molecule has 0 fully saturated rings. The summed E-state index contributed by atoms with van der Waals surface area (Å²) in [6.45, 7) is 3.17. The molecule has 1 N–H and O–H groups in total. The lowest BCUT2D eigenvalue weighted by molar-refractivity contribution is 0.0581. The first-order chi connectivity index (χ1) is 12.1. The molecule has 1 aromatic heterocycles. The third-order valence-corrected chi connectivity index (χ3v) is 5.90. The summed E-state index contributed by atoms with van der Waals surface area (Å²) in [6, 6.07) is 14.3. The molecule has 1 atom stereocenters. The molecule has 7 heteroatoms. The van der Waals surface area contributed by atoms with Crippen LogP contribution in [0.3, 0.4) is 0 Å². The van der Waals surface area contributed by atoms with Gasteiger partial charge in [-0.1, -0.05) is 30.3 Å². The van der Waals surface area contributed by atoms with Gasteiger partial charge in [-0.25, -0.2) is 18.1 Å². The fraction of sp³-hybridized carbons (Fsp3) is 0.278. The van der Waals surface area contributed by atoms with Crippen LogP contribution in [0.1, 0.15) is 17.4 Å². The number of imidazole rings is 1. The topological polar surface area (TPSA) is 73.2 Å². The van der Waals surface area contributed by atoms with Gasteiger partial charge in [0, 0.05) is 6.54 Å². The largest absolute Gasteiger partial charge is 0.371 e. The number of para-hydroxylation sites is 1. The van der Waals surface area contributed by atoms with Crippen LogP contribution in [0.4, 0.5) is 0 Å². The van der Waals surface area contributed by atoms with E-state index in [0.29, 0.717) is 13.2 Å². The second-order valence-electron chi connectivity index (χ2n) is 6.17. The molecule has 2 heterocycles. The Bertz CT molecular complexity index is 1010. The molecule has 0 radical (unpaired) electrons. The molecule has 0 saturated carbocycles. The molecular formula is C18H19N3O3S. The van der Waals surface area contributed by atoms with E-state index >= 15 is 0 Å². The standard InChI is InChI=1S/C18H19N3O3S/c1-13-6-5-9-16-18(13)20-17-12-24-11-14(21(16)17)10-19-25(22,23)15-7-3-2-4-8-15/h2-9,14,19H,10-12H2,1H3. The maximum Gasteiger partial charge on any atom is 0.240 e. The first kappa shape index (κ1) is 16.3. The molecule has 2 aromatic carbocycles. The van der Waals surface area contributed by atoms with Crippen LogP contribution in [0.5, 0.6) is 0 Å². The number of nitrogens with zero attached hydrogens (tertiary/aromatic N) is 2. The summed E-state index contributed by atoms with van der Waals surface area (Å²) in [5.74, 6) is 0.833. The van der Waals surface area contributed by atoms with Crippen molar-refractivity contribution in [2.45, 2.75) is 24.5 Å². The Balaban J connectivity index is 1.64. The van der Waals surface area contributed by atoms with E-state index in [4.69, 9.17) is 4.74 Å². The maximum absolute atomic E-state index is 12.5. The zero-order chi connectivity index (χ0) is 17.4. The van der Waals surface area contributed by atoms with Gasteiger partial charge >= 0.3 is 0 Å². The minimum atomic E-state index is -3.55. The van der Waals surface area contributed by atoms with Gasteiger partial charge in [0.1, 0.15) is 12.4 Å². The summed E-state index contributed by atoms with van der Waals surface area (Å²) in [5.41, 5.74) is 3.06. The van der Waals surface area contributed by atoms with E-state index in [0.717, 1.165) is 22.4 Å². The lowest BCUT2D eigenvalue weighted by Crippen LogP contribution is -2.35. The van der Waals surface area contributed by atoms with Crippen LogP contribution in [0.25, 0.3) is 11.0 Å². The number of fused-ring (bicyclic) bond motifs is 3. The van der Waals surface area contributed by atoms with E-state index in [1.54, 1.807) is 30.3 Å². The van der Waals surface area contributed by atoms with Gasteiger partial charge in [-0.05, 0) is 30.7 Å². The van der Waals surface area contributed by atoms with E-state index < -0.39 is 10.0 Å². The van der Waals surface area contributed by atoms with E-state index in [1.807, 2.05) is 25.1 Å². The van der Waals surface area contributed by atoms with Gasteiger partial charge in [0.15, 0.2) is 0 Å². The predicted octanol–water partition coefficient (Wildman–Crippen LogP) is 2.39. The van der Waals surface area contributed by atoms with E-state index in [9.17, 15) is 8.42 Å². The molecule has 0 bridgehead atoms. The number of ether oxygens (including phenoxy) is 1. The van der Waals surface area contributed by atoms with Gasteiger partial charge < -0.3 is 9.30 Å². The van der Waals surface area contributed by atoms with Crippen molar-refractivity contribution in [2.75, 3.05) is 13.2 Å². The lowest BCUT2D eigenvalue weighted by Gasteiger charge is -2.26. The summed E-state index contributed by atoms with van der Waals surface area (Å²) in [4.78, 5) is 4.93. The number of hydrogen-bond acceptors (Lipinski definition) is 4. The Morgan fingerprint density at radius 3 is 2.80 bits per heavy atom. The predicted molar refractivity (Wildman–Crippen MR) is 94.8 cm³/mol. The fourth-order valence-electron chi connectivity index (χ4n) is 3.21. The SMILES string of the molecule is Cc1cccc2c1nc1n2C(CNS(=O)(=O)c2ccccc2)COC1. The average Bonchev–Trinajstić information content (AvgIpc) is 3.02. The van der Waals surface area contributed by atoms with Crippen LogP contribution in [-0.2, 0) is 21.4 Å². The zero-order valence-electron chi connectivity index (χ0n) is 13.8. The Kier molecular flexibility index (Phi) is 4.07. The van der Waals surface area contributed by atoms with Gasteiger partial charge in [0.25, 0.3) is 0 Å². The number of nitrogens with one attached hydrogen (secondary N) is 1. The molecule has 1 aliphatic rings. The van der Waals surface area contributed by atoms with Gasteiger partial charge in [-0.3, -0.25) is 0 Å². The smallest absolute Gasteiger partial charge is 0.240 e. The molecular weight excluding hydrogens is 338 g/mol. The van der Waals surface area contributed by atoms with Crippen LogP contribution in [0, 0.1) is 6.92 Å². The summed E-state index contributed by atoms with van der Waals surface area (Å²) in [5, 5.41) is 0. The monoisotopic (exact) mass is 357 g/mol. The summed E-state index contributed by atoms with van der Waals surface area (Å²) in [7, 11) is -3.55. The van der Waals surface area contributed by atoms with Crippen molar-refractivity contribution in [3.8, 4) is 0 Å². The third kappa shape index (κ3) is 2.95. The minimum absolute atomic E-state index is 0.131. The normalized spacial score (nSPS) is 17.6. The lowest BCUT2D eigenvalue weighted by atomic mass is 10.2. The van der Waals surface area contributed by atoms with E-state index in [-0.39, 0.29) is 17.5 Å². The molecule has 0 spiro atoms. The maximum atomic E-state index is 12.5. The highest BCUT2D eigenvalue weighted by atomic mass is 32.2. The highest BCUT2D eigenvalue weighted by molar-refractivity contribution is 7.89.